The molecule has 1 aliphatic heterocycles. The van der Waals surface area contributed by atoms with Crippen molar-refractivity contribution in [2.45, 2.75) is 17.9 Å². The van der Waals surface area contributed by atoms with Gasteiger partial charge in [-0.15, -0.1) is 0 Å². The fraction of sp³-hybridized carbons (Fsp3) is 0.208. The summed E-state index contributed by atoms with van der Waals surface area (Å²) in [6.45, 7) is 4.55. The Balaban J connectivity index is 1.66. The third kappa shape index (κ3) is 3.80. The van der Waals surface area contributed by atoms with Gasteiger partial charge in [-0.2, -0.15) is 22.9 Å². The van der Waals surface area contributed by atoms with E-state index < -0.39 is 10.0 Å². The third-order valence-electron chi connectivity index (χ3n) is 5.86. The van der Waals surface area contributed by atoms with E-state index >= 15 is 0 Å². The van der Waals surface area contributed by atoms with E-state index in [1.54, 1.807) is 24.4 Å². The highest BCUT2D eigenvalue weighted by atomic mass is 32.2. The molecule has 2 aromatic carbocycles. The van der Waals surface area contributed by atoms with E-state index in [4.69, 9.17) is 0 Å². The first-order chi connectivity index (χ1) is 16.5. The quantitative estimate of drug-likeness (QED) is 0.472. The lowest BCUT2D eigenvalue weighted by Gasteiger charge is -2.42. The molecule has 9 nitrogen and oxygen atoms in total. The predicted octanol–water partition coefficient (Wildman–Crippen LogP) is 2.89. The molecule has 34 heavy (non-hydrogen) atoms. The number of piperazine rings is 1. The number of anilines is 2. The minimum Gasteiger partial charge on any atom is -0.314 e. The number of hydrogen-bond acceptors (Lipinski definition) is 8. The predicted molar refractivity (Wildman–Crippen MR) is 129 cm³/mol. The first-order valence-electron chi connectivity index (χ1n) is 10.9. The Kier molecular flexibility index (Phi) is 5.75. The lowest BCUT2D eigenvalue weighted by molar-refractivity contribution is 0.174. The van der Waals surface area contributed by atoms with E-state index in [0.29, 0.717) is 16.7 Å². The van der Waals surface area contributed by atoms with Crippen LogP contribution in [0.4, 0.5) is 11.5 Å². The number of nitriles is 1. The van der Waals surface area contributed by atoms with Crippen LogP contribution in [0.1, 0.15) is 12.5 Å². The Morgan fingerprint density at radius 2 is 1.88 bits per heavy atom. The minimum atomic E-state index is -4.09. The van der Waals surface area contributed by atoms with Crippen LogP contribution in [0.25, 0.3) is 10.9 Å². The van der Waals surface area contributed by atoms with Crippen molar-refractivity contribution in [3.63, 3.8) is 0 Å². The van der Waals surface area contributed by atoms with Gasteiger partial charge in [0.2, 0.25) is 0 Å². The van der Waals surface area contributed by atoms with Crippen LogP contribution < -0.4 is 10.3 Å². The average molecular weight is 474 g/mol. The number of benzene rings is 2. The largest absolute Gasteiger partial charge is 0.314 e. The molecule has 0 spiro atoms. The number of hydrazine groups is 1. The molecule has 10 heteroatoms. The summed E-state index contributed by atoms with van der Waals surface area (Å²) >= 11 is 0. The maximum absolute atomic E-state index is 13.5. The minimum absolute atomic E-state index is 0.0704. The normalized spacial score (nSPS) is 16.9. The highest BCUT2D eigenvalue weighted by Crippen LogP contribution is 2.31. The van der Waals surface area contributed by atoms with Crippen molar-refractivity contribution in [3.05, 3.63) is 78.6 Å². The molecule has 4 aromatic rings. The van der Waals surface area contributed by atoms with E-state index in [0.717, 1.165) is 29.4 Å². The van der Waals surface area contributed by atoms with Crippen LogP contribution in [0.15, 0.2) is 78.0 Å². The van der Waals surface area contributed by atoms with Gasteiger partial charge in [0.05, 0.1) is 23.0 Å². The van der Waals surface area contributed by atoms with E-state index in [9.17, 15) is 13.7 Å². The molecule has 0 saturated carbocycles. The van der Waals surface area contributed by atoms with E-state index in [2.05, 4.69) is 27.3 Å². The molecule has 1 atom stereocenters. The number of nitrogens with zero attached hydrogens (tertiary/aromatic N) is 6. The van der Waals surface area contributed by atoms with E-state index in [1.165, 1.54) is 18.3 Å². The number of para-hydroxylation sites is 1. The average Bonchev–Trinajstić information content (AvgIpc) is 3.30. The van der Waals surface area contributed by atoms with Gasteiger partial charge in [-0.25, -0.2) is 9.99 Å². The number of fused-ring (bicyclic) bond motifs is 1. The fourth-order valence-electron chi connectivity index (χ4n) is 4.18. The summed E-state index contributed by atoms with van der Waals surface area (Å²) in [7, 11) is -4.09. The molecule has 1 unspecified atom stereocenters. The molecule has 2 aromatic heterocycles. The summed E-state index contributed by atoms with van der Waals surface area (Å²) < 4.78 is 28.0. The summed E-state index contributed by atoms with van der Waals surface area (Å²) in [5, 5.41) is 21.8. The standard InChI is InChI=1S/C24H23N7O2S/c1-18-15-26-11-12-29(18)30(21-8-3-2-4-9-21)24-13-22-20(16-27-24)17-28-31(22)34(32,33)23-10-6-5-7-19(23)14-25/h2-10,13,16-18,26H,11-12,15H2,1H3. The van der Waals surface area contributed by atoms with Gasteiger partial charge in [-0.05, 0) is 31.2 Å². The van der Waals surface area contributed by atoms with Gasteiger partial charge < -0.3 is 5.32 Å². The van der Waals surface area contributed by atoms with Gasteiger partial charge >= 0.3 is 0 Å². The Bertz CT molecular complexity index is 1480. The molecule has 1 fully saturated rings. The van der Waals surface area contributed by atoms with Crippen LogP contribution in [0.5, 0.6) is 0 Å². The molecule has 172 valence electrons. The summed E-state index contributed by atoms with van der Waals surface area (Å²) in [5.41, 5.74) is 1.38. The lowest BCUT2D eigenvalue weighted by Crippen LogP contribution is -2.56. The van der Waals surface area contributed by atoms with Crippen molar-refractivity contribution in [3.8, 4) is 6.07 Å². The van der Waals surface area contributed by atoms with Gasteiger partial charge in [0.1, 0.15) is 16.8 Å². The molecule has 0 radical (unpaired) electrons. The second-order valence-electron chi connectivity index (χ2n) is 8.07. The zero-order valence-corrected chi connectivity index (χ0v) is 19.4. The van der Waals surface area contributed by atoms with Gasteiger partial charge in [-0.1, -0.05) is 30.3 Å². The Morgan fingerprint density at radius 3 is 2.65 bits per heavy atom. The molecular weight excluding hydrogens is 450 g/mol. The summed E-state index contributed by atoms with van der Waals surface area (Å²) in [5.74, 6) is 0.581. The van der Waals surface area contributed by atoms with E-state index in [-0.39, 0.29) is 16.5 Å². The molecule has 0 aliphatic carbocycles. The number of nitrogens with one attached hydrogen (secondary N) is 1. The molecule has 0 bridgehead atoms. The van der Waals surface area contributed by atoms with Gasteiger partial charge in [0.15, 0.2) is 0 Å². The number of pyridine rings is 1. The highest BCUT2D eigenvalue weighted by Gasteiger charge is 2.28. The molecule has 0 amide bonds. The zero-order valence-electron chi connectivity index (χ0n) is 18.5. The highest BCUT2D eigenvalue weighted by molar-refractivity contribution is 7.90. The Morgan fingerprint density at radius 1 is 1.12 bits per heavy atom. The first-order valence-corrected chi connectivity index (χ1v) is 12.4. The van der Waals surface area contributed by atoms with Crippen LogP contribution in [-0.2, 0) is 10.0 Å². The van der Waals surface area contributed by atoms with Crippen molar-refractivity contribution in [2.24, 2.45) is 0 Å². The lowest BCUT2D eigenvalue weighted by atomic mass is 10.2. The van der Waals surface area contributed by atoms with Crippen LogP contribution >= 0.6 is 0 Å². The molecule has 5 rings (SSSR count). The number of aromatic nitrogens is 3. The molecule has 1 saturated heterocycles. The van der Waals surface area contributed by atoms with Gasteiger partial charge in [-0.3, -0.25) is 5.01 Å². The van der Waals surface area contributed by atoms with Crippen LogP contribution in [0, 0.1) is 11.3 Å². The van der Waals surface area contributed by atoms with Crippen molar-refractivity contribution < 1.29 is 8.42 Å². The van der Waals surface area contributed by atoms with Crippen molar-refractivity contribution in [2.75, 3.05) is 24.6 Å². The fourth-order valence-corrected chi connectivity index (χ4v) is 5.60. The Labute approximate surface area is 197 Å². The number of hydrogen-bond donors (Lipinski definition) is 1. The van der Waals surface area contributed by atoms with Crippen molar-refractivity contribution in [1.29, 1.82) is 5.26 Å². The molecular formula is C24H23N7O2S. The molecule has 1 N–H and O–H groups in total. The zero-order chi connectivity index (χ0) is 23.7. The van der Waals surface area contributed by atoms with Crippen LogP contribution in [0.2, 0.25) is 0 Å². The summed E-state index contributed by atoms with van der Waals surface area (Å²) in [6, 6.07) is 19.9. The maximum Gasteiger partial charge on any atom is 0.284 e. The Hall–Kier alpha value is -3.78. The number of rotatable bonds is 5. The van der Waals surface area contributed by atoms with E-state index in [1.807, 2.05) is 41.4 Å². The topological polar surface area (TPSA) is 107 Å². The van der Waals surface area contributed by atoms with Crippen LogP contribution in [-0.4, -0.2) is 53.3 Å². The second-order valence-corrected chi connectivity index (χ2v) is 9.80. The maximum atomic E-state index is 13.5. The van der Waals surface area contributed by atoms with Crippen molar-refractivity contribution >= 4 is 32.4 Å². The third-order valence-corrected chi connectivity index (χ3v) is 7.52. The molecule has 1 aliphatic rings. The van der Waals surface area contributed by atoms with Gasteiger partial charge in [0.25, 0.3) is 10.0 Å². The first kappa shape index (κ1) is 22.0. The summed E-state index contributed by atoms with van der Waals surface area (Å²) in [4.78, 5) is 4.57. The smallest absolute Gasteiger partial charge is 0.284 e. The van der Waals surface area contributed by atoms with Crippen molar-refractivity contribution in [1.82, 2.24) is 24.5 Å². The second kappa shape index (κ2) is 8.87. The monoisotopic (exact) mass is 473 g/mol. The molecule has 3 heterocycles. The van der Waals surface area contributed by atoms with Gasteiger partial charge in [0, 0.05) is 43.3 Å². The van der Waals surface area contributed by atoms with Crippen LogP contribution in [0.3, 0.4) is 0 Å². The summed E-state index contributed by atoms with van der Waals surface area (Å²) in [6.07, 6.45) is 3.10. The SMILES string of the molecule is CC1CNCCN1N(c1ccccc1)c1cc2c(cn1)cnn2S(=O)(=O)c1ccccc1C#N.